The third kappa shape index (κ3) is 3.25. The van der Waals surface area contributed by atoms with E-state index in [-0.39, 0.29) is 12.5 Å². The first-order valence-corrected chi connectivity index (χ1v) is 6.60. The maximum Gasteiger partial charge on any atom is 0.226 e. The summed E-state index contributed by atoms with van der Waals surface area (Å²) in [4.78, 5) is 13.3. The summed E-state index contributed by atoms with van der Waals surface area (Å²) < 4.78 is 0. The standard InChI is InChI=1S/C17H19NO2/c1-18(2)17(20)11-13-7-9-14(10-8-13)16-6-4-3-5-15(16)12-19/h3-10,19H,11-12H2,1-2H3. The van der Waals surface area contributed by atoms with Crippen LogP contribution in [0.15, 0.2) is 48.5 Å². The highest BCUT2D eigenvalue weighted by Crippen LogP contribution is 2.24. The third-order valence-corrected chi connectivity index (χ3v) is 3.31. The quantitative estimate of drug-likeness (QED) is 0.926. The van der Waals surface area contributed by atoms with Crippen LogP contribution in [0.4, 0.5) is 0 Å². The molecule has 0 bridgehead atoms. The maximum absolute atomic E-state index is 11.7. The second-order valence-electron chi connectivity index (χ2n) is 4.98. The van der Waals surface area contributed by atoms with Crippen molar-refractivity contribution in [2.24, 2.45) is 0 Å². The lowest BCUT2D eigenvalue weighted by atomic mass is 9.98. The van der Waals surface area contributed by atoms with Gasteiger partial charge in [-0.1, -0.05) is 48.5 Å². The molecule has 0 saturated carbocycles. The molecule has 0 atom stereocenters. The van der Waals surface area contributed by atoms with Crippen molar-refractivity contribution >= 4 is 5.91 Å². The van der Waals surface area contributed by atoms with Crippen LogP contribution in [-0.2, 0) is 17.8 Å². The monoisotopic (exact) mass is 269 g/mol. The van der Waals surface area contributed by atoms with E-state index in [0.29, 0.717) is 6.42 Å². The molecule has 0 saturated heterocycles. The van der Waals surface area contributed by atoms with E-state index in [2.05, 4.69) is 0 Å². The molecule has 1 N–H and O–H groups in total. The summed E-state index contributed by atoms with van der Waals surface area (Å²) in [6.45, 7) is 0.0248. The van der Waals surface area contributed by atoms with Crippen molar-refractivity contribution in [2.75, 3.05) is 14.1 Å². The predicted molar refractivity (Wildman–Crippen MR) is 80.2 cm³/mol. The van der Waals surface area contributed by atoms with Gasteiger partial charge >= 0.3 is 0 Å². The molecule has 0 aliphatic carbocycles. The molecule has 1 amide bonds. The van der Waals surface area contributed by atoms with Crippen molar-refractivity contribution in [3.05, 3.63) is 59.7 Å². The minimum absolute atomic E-state index is 0.0248. The van der Waals surface area contributed by atoms with Crippen LogP contribution in [0.25, 0.3) is 11.1 Å². The molecule has 3 heteroatoms. The van der Waals surface area contributed by atoms with Crippen LogP contribution in [0.1, 0.15) is 11.1 Å². The molecule has 0 heterocycles. The lowest BCUT2D eigenvalue weighted by Crippen LogP contribution is -2.23. The molecular formula is C17H19NO2. The number of aliphatic hydroxyl groups excluding tert-OH is 1. The molecule has 2 aromatic carbocycles. The van der Waals surface area contributed by atoms with E-state index < -0.39 is 0 Å². The van der Waals surface area contributed by atoms with Crippen LogP contribution in [-0.4, -0.2) is 30.0 Å². The smallest absolute Gasteiger partial charge is 0.226 e. The second kappa shape index (κ2) is 6.35. The SMILES string of the molecule is CN(C)C(=O)Cc1ccc(-c2ccccc2CO)cc1. The molecule has 0 aliphatic heterocycles. The van der Waals surface area contributed by atoms with Gasteiger partial charge in [-0.2, -0.15) is 0 Å². The molecule has 0 radical (unpaired) electrons. The first-order valence-electron chi connectivity index (χ1n) is 6.60. The number of carbonyl (C=O) groups excluding carboxylic acids is 1. The van der Waals surface area contributed by atoms with E-state index in [0.717, 1.165) is 22.3 Å². The van der Waals surface area contributed by atoms with Crippen molar-refractivity contribution in [2.45, 2.75) is 13.0 Å². The van der Waals surface area contributed by atoms with Crippen molar-refractivity contribution < 1.29 is 9.90 Å². The van der Waals surface area contributed by atoms with E-state index >= 15 is 0 Å². The van der Waals surface area contributed by atoms with E-state index in [9.17, 15) is 9.90 Å². The molecule has 2 aromatic rings. The molecular weight excluding hydrogens is 250 g/mol. The molecule has 104 valence electrons. The molecule has 0 fully saturated rings. The van der Waals surface area contributed by atoms with Crippen LogP contribution in [0.5, 0.6) is 0 Å². The summed E-state index contributed by atoms with van der Waals surface area (Å²) in [6.07, 6.45) is 0.412. The topological polar surface area (TPSA) is 40.5 Å². The van der Waals surface area contributed by atoms with Gasteiger partial charge in [0, 0.05) is 14.1 Å². The van der Waals surface area contributed by atoms with Crippen LogP contribution in [0.2, 0.25) is 0 Å². The van der Waals surface area contributed by atoms with Crippen molar-refractivity contribution in [3.8, 4) is 11.1 Å². The van der Waals surface area contributed by atoms with Crippen LogP contribution in [0, 0.1) is 0 Å². The number of hydrogen-bond acceptors (Lipinski definition) is 2. The number of rotatable bonds is 4. The normalized spacial score (nSPS) is 10.3. The largest absolute Gasteiger partial charge is 0.392 e. The van der Waals surface area contributed by atoms with Gasteiger partial charge in [0.05, 0.1) is 13.0 Å². The Hall–Kier alpha value is -2.13. The van der Waals surface area contributed by atoms with Crippen molar-refractivity contribution in [1.82, 2.24) is 4.90 Å². The Bertz CT molecular complexity index is 588. The van der Waals surface area contributed by atoms with Gasteiger partial charge in [0.1, 0.15) is 0 Å². The lowest BCUT2D eigenvalue weighted by Gasteiger charge is -2.11. The highest BCUT2D eigenvalue weighted by atomic mass is 16.3. The average Bonchev–Trinajstić information content (AvgIpc) is 2.48. The summed E-state index contributed by atoms with van der Waals surface area (Å²) in [5, 5.41) is 9.36. The molecule has 0 spiro atoms. The zero-order chi connectivity index (χ0) is 14.5. The average molecular weight is 269 g/mol. The van der Waals surface area contributed by atoms with Gasteiger partial charge < -0.3 is 10.0 Å². The fourth-order valence-electron chi connectivity index (χ4n) is 2.07. The number of amides is 1. The number of nitrogens with zero attached hydrogens (tertiary/aromatic N) is 1. The van der Waals surface area contributed by atoms with Gasteiger partial charge in [0.15, 0.2) is 0 Å². The van der Waals surface area contributed by atoms with Gasteiger partial charge in [-0.05, 0) is 22.3 Å². The van der Waals surface area contributed by atoms with Crippen LogP contribution < -0.4 is 0 Å². The number of carbonyl (C=O) groups is 1. The summed E-state index contributed by atoms with van der Waals surface area (Å²) >= 11 is 0. The highest BCUT2D eigenvalue weighted by molar-refractivity contribution is 5.78. The lowest BCUT2D eigenvalue weighted by molar-refractivity contribution is -0.127. The molecule has 2 rings (SSSR count). The number of hydrogen-bond donors (Lipinski definition) is 1. The number of likely N-dealkylation sites (N-methyl/N-ethyl adjacent to an activating group) is 1. The Morgan fingerprint density at radius 1 is 1.05 bits per heavy atom. The number of aliphatic hydroxyl groups is 1. The van der Waals surface area contributed by atoms with Gasteiger partial charge in [0.2, 0.25) is 5.91 Å². The molecule has 0 aromatic heterocycles. The Morgan fingerprint density at radius 3 is 2.30 bits per heavy atom. The first-order chi connectivity index (χ1) is 9.61. The van der Waals surface area contributed by atoms with Gasteiger partial charge in [-0.15, -0.1) is 0 Å². The third-order valence-electron chi connectivity index (χ3n) is 3.31. The second-order valence-corrected chi connectivity index (χ2v) is 4.98. The molecule has 20 heavy (non-hydrogen) atoms. The Balaban J connectivity index is 2.22. The van der Waals surface area contributed by atoms with Crippen molar-refractivity contribution in [3.63, 3.8) is 0 Å². The van der Waals surface area contributed by atoms with Gasteiger partial charge in [0.25, 0.3) is 0 Å². The molecule has 0 unspecified atom stereocenters. The van der Waals surface area contributed by atoms with Crippen molar-refractivity contribution in [1.29, 1.82) is 0 Å². The summed E-state index contributed by atoms with van der Waals surface area (Å²) in [7, 11) is 3.52. The fourth-order valence-corrected chi connectivity index (χ4v) is 2.07. The summed E-state index contributed by atoms with van der Waals surface area (Å²) in [6, 6.07) is 15.7. The molecule has 0 aliphatic rings. The minimum Gasteiger partial charge on any atom is -0.392 e. The Kier molecular flexibility index (Phi) is 4.53. The predicted octanol–water partition coefficient (Wildman–Crippen LogP) is 2.48. The van der Waals surface area contributed by atoms with E-state index in [1.54, 1.807) is 19.0 Å². The maximum atomic E-state index is 11.7. The zero-order valence-electron chi connectivity index (χ0n) is 11.8. The van der Waals surface area contributed by atoms with Crippen LogP contribution >= 0.6 is 0 Å². The first kappa shape index (κ1) is 14.3. The minimum atomic E-state index is 0.0248. The van der Waals surface area contributed by atoms with Gasteiger partial charge in [-0.3, -0.25) is 4.79 Å². The summed E-state index contributed by atoms with van der Waals surface area (Å²) in [5.41, 5.74) is 3.98. The highest BCUT2D eigenvalue weighted by Gasteiger charge is 2.07. The molecule has 3 nitrogen and oxygen atoms in total. The fraction of sp³-hybridized carbons (Fsp3) is 0.235. The van der Waals surface area contributed by atoms with E-state index in [1.807, 2.05) is 48.5 Å². The van der Waals surface area contributed by atoms with Gasteiger partial charge in [-0.25, -0.2) is 0 Å². The Labute approximate surface area is 119 Å². The van der Waals surface area contributed by atoms with Crippen LogP contribution in [0.3, 0.4) is 0 Å². The van der Waals surface area contributed by atoms with E-state index in [4.69, 9.17) is 0 Å². The number of benzene rings is 2. The zero-order valence-corrected chi connectivity index (χ0v) is 11.8. The summed E-state index contributed by atoms with van der Waals surface area (Å²) in [5.74, 6) is 0.0912. The Morgan fingerprint density at radius 2 is 1.70 bits per heavy atom. The van der Waals surface area contributed by atoms with E-state index in [1.165, 1.54) is 0 Å².